The van der Waals surface area contributed by atoms with Crippen molar-refractivity contribution in [1.29, 1.82) is 0 Å². The maximum Gasteiger partial charge on any atom is 0.308 e. The molecule has 1 aromatic rings. The number of benzene rings is 1. The number of hydrogen-bond acceptors (Lipinski definition) is 5. The van der Waals surface area contributed by atoms with E-state index in [2.05, 4.69) is 11.9 Å². The predicted octanol–water partition coefficient (Wildman–Crippen LogP) is 2.71. The molecule has 0 N–H and O–H groups in total. The molecule has 0 radical (unpaired) electrons. The Hall–Kier alpha value is -1.88. The first-order chi connectivity index (χ1) is 11.5. The average Bonchev–Trinajstić information content (AvgIpc) is 2.75. The standard InChI is InChI=1S/C19H25NO4/c1-13(21)23-17-8-3-14(4-9-17)5-10-19(22)24-18-11-15-6-7-16(12-18)20(15)2/h3-4,8-9,15-16,18H,5-7,10-12H2,1-2H3/t15-,16+,18?. The SMILES string of the molecule is CC(=O)Oc1ccc(CCC(=O)OC2C[C@H]3CC[C@@H](C2)N3C)cc1. The van der Waals surface area contributed by atoms with Crippen molar-refractivity contribution in [2.24, 2.45) is 0 Å². The van der Waals surface area contributed by atoms with Gasteiger partial charge in [-0.1, -0.05) is 12.1 Å². The molecular weight excluding hydrogens is 306 g/mol. The number of carbonyl (C=O) groups is 2. The third kappa shape index (κ3) is 4.15. The molecule has 24 heavy (non-hydrogen) atoms. The van der Waals surface area contributed by atoms with Gasteiger partial charge in [0.05, 0.1) is 0 Å². The smallest absolute Gasteiger partial charge is 0.308 e. The highest BCUT2D eigenvalue weighted by molar-refractivity contribution is 5.70. The molecule has 2 aliphatic heterocycles. The van der Waals surface area contributed by atoms with Gasteiger partial charge in [-0.15, -0.1) is 0 Å². The lowest BCUT2D eigenvalue weighted by Crippen LogP contribution is -2.43. The molecule has 1 aromatic carbocycles. The third-order valence-corrected chi connectivity index (χ3v) is 5.16. The molecule has 0 aromatic heterocycles. The van der Waals surface area contributed by atoms with Crippen molar-refractivity contribution in [2.75, 3.05) is 7.05 Å². The molecule has 0 aliphatic carbocycles. The second-order valence-corrected chi connectivity index (χ2v) is 6.87. The molecule has 3 rings (SSSR count). The maximum atomic E-state index is 12.1. The Labute approximate surface area is 142 Å². The van der Waals surface area contributed by atoms with E-state index in [0.717, 1.165) is 18.4 Å². The van der Waals surface area contributed by atoms with Crippen molar-refractivity contribution in [1.82, 2.24) is 4.90 Å². The zero-order valence-electron chi connectivity index (χ0n) is 14.4. The highest BCUT2D eigenvalue weighted by atomic mass is 16.5. The van der Waals surface area contributed by atoms with Crippen LogP contribution < -0.4 is 4.74 Å². The Bertz CT molecular complexity index is 584. The fourth-order valence-corrected chi connectivity index (χ4v) is 3.84. The highest BCUT2D eigenvalue weighted by Crippen LogP contribution is 2.35. The Morgan fingerprint density at radius 2 is 1.75 bits per heavy atom. The number of piperidine rings is 1. The van der Waals surface area contributed by atoms with Gasteiger partial charge >= 0.3 is 11.9 Å². The second-order valence-electron chi connectivity index (χ2n) is 6.87. The highest BCUT2D eigenvalue weighted by Gasteiger charge is 2.39. The molecule has 0 amide bonds. The number of hydrogen-bond donors (Lipinski definition) is 0. The van der Waals surface area contributed by atoms with Crippen molar-refractivity contribution in [3.05, 3.63) is 29.8 Å². The summed E-state index contributed by atoms with van der Waals surface area (Å²) < 4.78 is 10.7. The normalized spacial score (nSPS) is 26.2. The molecule has 3 atom stereocenters. The van der Waals surface area contributed by atoms with Crippen molar-refractivity contribution >= 4 is 11.9 Å². The molecule has 130 valence electrons. The van der Waals surface area contributed by atoms with E-state index in [4.69, 9.17) is 9.47 Å². The number of aryl methyl sites for hydroxylation is 1. The summed E-state index contributed by atoms with van der Waals surface area (Å²) >= 11 is 0. The lowest BCUT2D eigenvalue weighted by Gasteiger charge is -2.35. The van der Waals surface area contributed by atoms with E-state index in [1.54, 1.807) is 12.1 Å². The zero-order valence-corrected chi connectivity index (χ0v) is 14.4. The molecule has 2 heterocycles. The Morgan fingerprint density at radius 1 is 1.12 bits per heavy atom. The molecule has 2 fully saturated rings. The minimum absolute atomic E-state index is 0.0811. The number of fused-ring (bicyclic) bond motifs is 2. The topological polar surface area (TPSA) is 55.8 Å². The number of nitrogens with zero attached hydrogens (tertiary/aromatic N) is 1. The van der Waals surface area contributed by atoms with Crippen LogP contribution in [0.25, 0.3) is 0 Å². The molecular formula is C19H25NO4. The molecule has 2 aliphatic rings. The molecule has 1 unspecified atom stereocenters. The van der Waals surface area contributed by atoms with Crippen LogP contribution in [0, 0.1) is 0 Å². The van der Waals surface area contributed by atoms with Crippen LogP contribution in [0.3, 0.4) is 0 Å². The van der Waals surface area contributed by atoms with Crippen molar-refractivity contribution in [3.8, 4) is 5.75 Å². The van der Waals surface area contributed by atoms with Gasteiger partial charge in [0, 0.05) is 25.4 Å². The van der Waals surface area contributed by atoms with Crippen LogP contribution in [-0.2, 0) is 20.7 Å². The van der Waals surface area contributed by atoms with Crippen LogP contribution in [0.5, 0.6) is 5.75 Å². The van der Waals surface area contributed by atoms with Crippen molar-refractivity contribution in [2.45, 2.75) is 63.6 Å². The Balaban J connectivity index is 1.43. The summed E-state index contributed by atoms with van der Waals surface area (Å²) in [5.41, 5.74) is 1.03. The van der Waals surface area contributed by atoms with Gasteiger partial charge in [0.2, 0.25) is 0 Å². The summed E-state index contributed by atoms with van der Waals surface area (Å²) in [6.45, 7) is 1.37. The van der Waals surface area contributed by atoms with Crippen LogP contribution in [0.2, 0.25) is 0 Å². The van der Waals surface area contributed by atoms with Crippen LogP contribution in [-0.4, -0.2) is 42.1 Å². The van der Waals surface area contributed by atoms with E-state index in [0.29, 0.717) is 30.7 Å². The lowest BCUT2D eigenvalue weighted by molar-refractivity contribution is -0.152. The van der Waals surface area contributed by atoms with E-state index in [1.807, 2.05) is 12.1 Å². The largest absolute Gasteiger partial charge is 0.462 e. The zero-order chi connectivity index (χ0) is 17.1. The lowest BCUT2D eigenvalue weighted by atomic mass is 10.0. The van der Waals surface area contributed by atoms with E-state index in [1.165, 1.54) is 19.8 Å². The Morgan fingerprint density at radius 3 is 2.33 bits per heavy atom. The van der Waals surface area contributed by atoms with Crippen LogP contribution >= 0.6 is 0 Å². The molecule has 5 nitrogen and oxygen atoms in total. The van der Waals surface area contributed by atoms with E-state index < -0.39 is 0 Å². The van der Waals surface area contributed by atoms with E-state index in [-0.39, 0.29) is 18.0 Å². The summed E-state index contributed by atoms with van der Waals surface area (Å²) in [5.74, 6) is 0.0714. The molecule has 5 heteroatoms. The third-order valence-electron chi connectivity index (χ3n) is 5.16. The summed E-state index contributed by atoms with van der Waals surface area (Å²) in [7, 11) is 2.18. The van der Waals surface area contributed by atoms with Gasteiger partial charge in [-0.2, -0.15) is 0 Å². The first kappa shape index (κ1) is 17.0. The fraction of sp³-hybridized carbons (Fsp3) is 0.579. The van der Waals surface area contributed by atoms with Crippen molar-refractivity contribution in [3.63, 3.8) is 0 Å². The minimum Gasteiger partial charge on any atom is -0.462 e. The molecule has 2 bridgehead atoms. The second kappa shape index (κ2) is 7.34. The maximum absolute atomic E-state index is 12.1. The predicted molar refractivity (Wildman–Crippen MR) is 89.8 cm³/mol. The first-order valence-corrected chi connectivity index (χ1v) is 8.70. The fourth-order valence-electron chi connectivity index (χ4n) is 3.84. The quantitative estimate of drug-likeness (QED) is 0.613. The van der Waals surface area contributed by atoms with Crippen LogP contribution in [0.4, 0.5) is 0 Å². The van der Waals surface area contributed by atoms with Crippen LogP contribution in [0.15, 0.2) is 24.3 Å². The minimum atomic E-state index is -0.335. The van der Waals surface area contributed by atoms with Gasteiger partial charge in [0.15, 0.2) is 0 Å². The van der Waals surface area contributed by atoms with Crippen LogP contribution in [0.1, 0.15) is 44.6 Å². The van der Waals surface area contributed by atoms with Gasteiger partial charge < -0.3 is 14.4 Å². The Kier molecular flexibility index (Phi) is 5.19. The summed E-state index contributed by atoms with van der Waals surface area (Å²) in [4.78, 5) is 25.4. The first-order valence-electron chi connectivity index (χ1n) is 8.70. The summed E-state index contributed by atoms with van der Waals surface area (Å²) in [6.07, 6.45) is 5.49. The van der Waals surface area contributed by atoms with Gasteiger partial charge in [-0.25, -0.2) is 0 Å². The van der Waals surface area contributed by atoms with Gasteiger partial charge in [0.25, 0.3) is 0 Å². The van der Waals surface area contributed by atoms with Crippen molar-refractivity contribution < 1.29 is 19.1 Å². The van der Waals surface area contributed by atoms with E-state index >= 15 is 0 Å². The summed E-state index contributed by atoms with van der Waals surface area (Å²) in [5, 5.41) is 0. The summed E-state index contributed by atoms with van der Waals surface area (Å²) in [6, 6.07) is 8.40. The number of carbonyl (C=O) groups excluding carboxylic acids is 2. The van der Waals surface area contributed by atoms with Gasteiger partial charge in [-0.05, 0) is 56.8 Å². The van der Waals surface area contributed by atoms with Gasteiger partial charge in [-0.3, -0.25) is 9.59 Å². The van der Waals surface area contributed by atoms with Gasteiger partial charge in [0.1, 0.15) is 11.9 Å². The average molecular weight is 331 g/mol. The molecule has 0 saturated carbocycles. The monoisotopic (exact) mass is 331 g/mol. The number of ether oxygens (including phenoxy) is 2. The van der Waals surface area contributed by atoms with E-state index in [9.17, 15) is 9.59 Å². The molecule has 0 spiro atoms. The number of esters is 2. The molecule has 2 saturated heterocycles. The number of rotatable bonds is 5.